The predicted octanol–water partition coefficient (Wildman–Crippen LogP) is 0.962. The topological polar surface area (TPSA) is 78.3 Å². The van der Waals surface area contributed by atoms with Gasteiger partial charge in [-0.3, -0.25) is 4.79 Å². The van der Waals surface area contributed by atoms with Crippen molar-refractivity contribution in [2.24, 2.45) is 11.5 Å². The molecule has 0 fully saturated rings. The van der Waals surface area contributed by atoms with Gasteiger partial charge in [0, 0.05) is 30.6 Å². The van der Waals surface area contributed by atoms with Gasteiger partial charge in [-0.1, -0.05) is 19.9 Å². The molecule has 0 saturated carbocycles. The van der Waals surface area contributed by atoms with E-state index in [2.05, 4.69) is 13.8 Å². The lowest BCUT2D eigenvalue weighted by Gasteiger charge is -2.42. The molecule has 2 rings (SSSR count). The number of hydrogen-bond donors (Lipinski definition) is 2. The zero-order valence-electron chi connectivity index (χ0n) is 11.1. The number of carbonyl (C=O) groups excluding carboxylic acids is 1. The minimum atomic E-state index is -0.406. The third kappa shape index (κ3) is 1.91. The normalized spacial score (nSPS) is 25.6. The molecule has 1 aromatic rings. The minimum Gasteiger partial charge on any atom is -0.379 e. The Morgan fingerprint density at radius 3 is 2.67 bits per heavy atom. The Hall–Kier alpha value is -1.39. The van der Waals surface area contributed by atoms with Gasteiger partial charge in [0.15, 0.2) is 0 Å². The van der Waals surface area contributed by atoms with Crippen LogP contribution in [0.5, 0.6) is 0 Å². The second-order valence-corrected chi connectivity index (χ2v) is 5.46. The average Bonchev–Trinajstić information content (AvgIpc) is 2.33. The summed E-state index contributed by atoms with van der Waals surface area (Å²) < 4.78 is 5.46. The van der Waals surface area contributed by atoms with Crippen molar-refractivity contribution >= 4 is 5.91 Å². The van der Waals surface area contributed by atoms with Gasteiger partial charge >= 0.3 is 0 Å². The SMILES string of the molecule is COC1Cc2ccc(C(N)=O)cc2C(C)(C)C1N. The van der Waals surface area contributed by atoms with Crippen LogP contribution in [0.4, 0.5) is 0 Å². The maximum atomic E-state index is 11.3. The van der Waals surface area contributed by atoms with E-state index in [-0.39, 0.29) is 17.6 Å². The number of benzene rings is 1. The highest BCUT2D eigenvalue weighted by atomic mass is 16.5. The third-order valence-electron chi connectivity index (χ3n) is 4.05. The molecule has 1 aliphatic carbocycles. The fraction of sp³-hybridized carbons (Fsp3) is 0.500. The number of fused-ring (bicyclic) bond motifs is 1. The quantitative estimate of drug-likeness (QED) is 0.818. The second-order valence-electron chi connectivity index (χ2n) is 5.46. The van der Waals surface area contributed by atoms with Gasteiger partial charge in [0.05, 0.1) is 6.10 Å². The van der Waals surface area contributed by atoms with E-state index >= 15 is 0 Å². The molecule has 4 heteroatoms. The van der Waals surface area contributed by atoms with Crippen LogP contribution in [0.25, 0.3) is 0 Å². The van der Waals surface area contributed by atoms with Crippen LogP contribution in [-0.2, 0) is 16.6 Å². The van der Waals surface area contributed by atoms with Crippen LogP contribution in [0.1, 0.15) is 35.3 Å². The van der Waals surface area contributed by atoms with Crippen LogP contribution in [0, 0.1) is 0 Å². The van der Waals surface area contributed by atoms with Gasteiger partial charge in [0.2, 0.25) is 5.91 Å². The van der Waals surface area contributed by atoms with Crippen molar-refractivity contribution in [2.75, 3.05) is 7.11 Å². The van der Waals surface area contributed by atoms with Crippen molar-refractivity contribution < 1.29 is 9.53 Å². The van der Waals surface area contributed by atoms with Crippen LogP contribution >= 0.6 is 0 Å². The number of nitrogens with two attached hydrogens (primary N) is 2. The van der Waals surface area contributed by atoms with Gasteiger partial charge in [-0.2, -0.15) is 0 Å². The standard InChI is InChI=1S/C14H20N2O2/c1-14(2)10-6-9(13(16)17)5-4-8(10)7-11(18-3)12(14)15/h4-6,11-12H,7,15H2,1-3H3,(H2,16,17). The number of methoxy groups -OCH3 is 1. The van der Waals surface area contributed by atoms with E-state index in [0.717, 1.165) is 12.0 Å². The van der Waals surface area contributed by atoms with Crippen molar-refractivity contribution in [1.29, 1.82) is 0 Å². The van der Waals surface area contributed by atoms with Gasteiger partial charge < -0.3 is 16.2 Å². The molecule has 0 aliphatic heterocycles. The van der Waals surface area contributed by atoms with E-state index in [0.29, 0.717) is 5.56 Å². The summed E-state index contributed by atoms with van der Waals surface area (Å²) in [5.74, 6) is -0.406. The molecule has 18 heavy (non-hydrogen) atoms. The van der Waals surface area contributed by atoms with E-state index in [1.165, 1.54) is 5.56 Å². The lowest BCUT2D eigenvalue weighted by atomic mass is 9.68. The average molecular weight is 248 g/mol. The maximum Gasteiger partial charge on any atom is 0.248 e. The summed E-state index contributed by atoms with van der Waals surface area (Å²) in [5.41, 5.74) is 14.2. The molecular formula is C14H20N2O2. The van der Waals surface area contributed by atoms with E-state index in [9.17, 15) is 4.79 Å². The largest absolute Gasteiger partial charge is 0.379 e. The zero-order chi connectivity index (χ0) is 13.5. The van der Waals surface area contributed by atoms with Crippen LogP contribution in [0.15, 0.2) is 18.2 Å². The first-order valence-electron chi connectivity index (χ1n) is 6.09. The Morgan fingerprint density at radius 2 is 2.11 bits per heavy atom. The molecule has 2 unspecified atom stereocenters. The van der Waals surface area contributed by atoms with E-state index in [1.807, 2.05) is 12.1 Å². The van der Waals surface area contributed by atoms with Gasteiger partial charge in [-0.15, -0.1) is 0 Å². The van der Waals surface area contributed by atoms with E-state index in [1.54, 1.807) is 13.2 Å². The van der Waals surface area contributed by atoms with Crippen molar-refractivity contribution in [3.8, 4) is 0 Å². The molecule has 1 aromatic carbocycles. The summed E-state index contributed by atoms with van der Waals surface area (Å²) in [7, 11) is 1.68. The molecule has 1 amide bonds. The Labute approximate surface area is 107 Å². The van der Waals surface area contributed by atoms with Crippen molar-refractivity contribution in [2.45, 2.75) is 37.8 Å². The molecule has 0 aromatic heterocycles. The molecule has 1 aliphatic rings. The molecule has 0 spiro atoms. The summed E-state index contributed by atoms with van der Waals surface area (Å²) in [6, 6.07) is 5.48. The fourth-order valence-electron chi connectivity index (χ4n) is 2.73. The summed E-state index contributed by atoms with van der Waals surface area (Å²) >= 11 is 0. The Bertz CT molecular complexity index is 483. The molecule has 0 heterocycles. The minimum absolute atomic E-state index is 0.00641. The number of amides is 1. The Balaban J connectivity index is 2.53. The summed E-state index contributed by atoms with van der Waals surface area (Å²) in [6.45, 7) is 4.15. The molecular weight excluding hydrogens is 228 g/mol. The maximum absolute atomic E-state index is 11.3. The number of primary amides is 1. The number of hydrogen-bond acceptors (Lipinski definition) is 3. The highest BCUT2D eigenvalue weighted by Gasteiger charge is 2.40. The van der Waals surface area contributed by atoms with Gasteiger partial charge in [-0.25, -0.2) is 0 Å². The fourth-order valence-corrected chi connectivity index (χ4v) is 2.73. The molecule has 0 saturated heterocycles. The molecule has 98 valence electrons. The first-order chi connectivity index (χ1) is 8.37. The van der Waals surface area contributed by atoms with Gasteiger partial charge in [-0.05, 0) is 23.3 Å². The van der Waals surface area contributed by atoms with Crippen LogP contribution in [0.3, 0.4) is 0 Å². The first kappa shape index (κ1) is 13.1. The highest BCUT2D eigenvalue weighted by Crippen LogP contribution is 2.37. The lowest BCUT2D eigenvalue weighted by Crippen LogP contribution is -2.54. The van der Waals surface area contributed by atoms with E-state index in [4.69, 9.17) is 16.2 Å². The Morgan fingerprint density at radius 1 is 1.44 bits per heavy atom. The van der Waals surface area contributed by atoms with Crippen molar-refractivity contribution in [3.63, 3.8) is 0 Å². The highest BCUT2D eigenvalue weighted by molar-refractivity contribution is 5.93. The molecule has 4 nitrogen and oxygen atoms in total. The third-order valence-corrected chi connectivity index (χ3v) is 4.05. The van der Waals surface area contributed by atoms with Crippen LogP contribution in [0.2, 0.25) is 0 Å². The monoisotopic (exact) mass is 248 g/mol. The number of rotatable bonds is 2. The van der Waals surface area contributed by atoms with Crippen LogP contribution in [-0.4, -0.2) is 25.2 Å². The second kappa shape index (κ2) is 4.37. The summed E-state index contributed by atoms with van der Waals surface area (Å²) in [5, 5.41) is 0. The Kier molecular flexibility index (Phi) is 3.17. The first-order valence-corrected chi connectivity index (χ1v) is 6.09. The van der Waals surface area contributed by atoms with Crippen molar-refractivity contribution in [1.82, 2.24) is 0 Å². The smallest absolute Gasteiger partial charge is 0.248 e. The van der Waals surface area contributed by atoms with Gasteiger partial charge in [0.1, 0.15) is 0 Å². The van der Waals surface area contributed by atoms with Crippen LogP contribution < -0.4 is 11.5 Å². The zero-order valence-corrected chi connectivity index (χ0v) is 11.1. The number of carbonyl (C=O) groups is 1. The van der Waals surface area contributed by atoms with Crippen molar-refractivity contribution in [3.05, 3.63) is 34.9 Å². The molecule has 0 bridgehead atoms. The molecule has 2 atom stereocenters. The molecule has 0 radical (unpaired) electrons. The summed E-state index contributed by atoms with van der Waals surface area (Å²) in [4.78, 5) is 11.3. The van der Waals surface area contributed by atoms with Gasteiger partial charge in [0.25, 0.3) is 0 Å². The molecule has 4 N–H and O–H groups in total. The van der Waals surface area contributed by atoms with E-state index < -0.39 is 5.91 Å². The number of ether oxygens (including phenoxy) is 1. The lowest BCUT2D eigenvalue weighted by molar-refractivity contribution is 0.0506. The summed E-state index contributed by atoms with van der Waals surface area (Å²) in [6.07, 6.45) is 0.780. The predicted molar refractivity (Wildman–Crippen MR) is 70.5 cm³/mol.